The van der Waals surface area contributed by atoms with Gasteiger partial charge < -0.3 is 34.4 Å². The lowest BCUT2D eigenvalue weighted by Gasteiger charge is -2.58. The van der Waals surface area contributed by atoms with Crippen molar-refractivity contribution in [1.82, 2.24) is 4.90 Å². The zero-order valence-corrected chi connectivity index (χ0v) is 22.6. The van der Waals surface area contributed by atoms with Gasteiger partial charge in [-0.05, 0) is 58.0 Å². The van der Waals surface area contributed by atoms with Crippen LogP contribution in [0, 0.1) is 6.92 Å². The van der Waals surface area contributed by atoms with E-state index in [1.807, 2.05) is 27.0 Å². The number of esters is 2. The number of carbonyl (C=O) groups excluding carboxylic acids is 2. The van der Waals surface area contributed by atoms with Crippen molar-refractivity contribution in [2.45, 2.75) is 75.6 Å². The van der Waals surface area contributed by atoms with Gasteiger partial charge in [0.1, 0.15) is 11.5 Å². The molecule has 2 aliphatic heterocycles. The summed E-state index contributed by atoms with van der Waals surface area (Å²) in [5, 5.41) is 32.7. The number of rotatable bonds is 6. The van der Waals surface area contributed by atoms with E-state index in [0.29, 0.717) is 29.8 Å². The van der Waals surface area contributed by atoms with Crippen LogP contribution in [-0.4, -0.2) is 69.6 Å². The van der Waals surface area contributed by atoms with Gasteiger partial charge in [0.15, 0.2) is 18.3 Å². The quantitative estimate of drug-likeness (QED) is 0.477. The first kappa shape index (κ1) is 27.3. The number of carbonyl (C=O) groups is 2. The Labute approximate surface area is 227 Å². The number of fused-ring (bicyclic) bond motifs is 1. The number of aliphatic hydroxyl groups excluding tert-OH is 2. The molecule has 0 unspecified atom stereocenters. The summed E-state index contributed by atoms with van der Waals surface area (Å²) < 4.78 is 17.5. The molecule has 6 atom stereocenters. The van der Waals surface area contributed by atoms with Crippen molar-refractivity contribution in [2.24, 2.45) is 0 Å². The Bertz CT molecular complexity index is 1310. The molecule has 5 rings (SSSR count). The van der Waals surface area contributed by atoms with Gasteiger partial charge in [-0.2, -0.15) is 0 Å². The third-order valence-corrected chi connectivity index (χ3v) is 8.79. The Morgan fingerprint density at radius 3 is 2.59 bits per heavy atom. The van der Waals surface area contributed by atoms with E-state index in [-0.39, 0.29) is 24.8 Å². The summed E-state index contributed by atoms with van der Waals surface area (Å²) in [6.07, 6.45) is -1.24. The molecule has 1 aliphatic carbocycles. The number of aryl methyl sites for hydroxylation is 1. The molecule has 3 aliphatic rings. The maximum atomic E-state index is 13.1. The Morgan fingerprint density at radius 2 is 1.90 bits per heavy atom. The van der Waals surface area contributed by atoms with Crippen LogP contribution in [0.25, 0.3) is 0 Å². The van der Waals surface area contributed by atoms with E-state index in [1.165, 1.54) is 6.92 Å². The molecule has 39 heavy (non-hydrogen) atoms. The molecule has 0 radical (unpaired) electrons. The molecule has 1 fully saturated rings. The Kier molecular flexibility index (Phi) is 7.05. The highest BCUT2D eigenvalue weighted by Crippen LogP contribution is 2.61. The van der Waals surface area contributed by atoms with Crippen molar-refractivity contribution in [2.75, 3.05) is 13.6 Å². The molecule has 2 aromatic carbocycles. The third-order valence-electron chi connectivity index (χ3n) is 8.79. The molecule has 2 heterocycles. The molecule has 3 N–H and O–H groups in total. The fourth-order valence-electron chi connectivity index (χ4n) is 6.46. The zero-order chi connectivity index (χ0) is 28.1. The average molecular weight is 538 g/mol. The summed E-state index contributed by atoms with van der Waals surface area (Å²) in [5.41, 5.74) is 0.539. The minimum atomic E-state index is -1.54. The minimum absolute atomic E-state index is 0.212. The normalized spacial score (nSPS) is 29.2. The van der Waals surface area contributed by atoms with Crippen molar-refractivity contribution >= 4 is 11.9 Å². The number of hydrogen-bond donors (Lipinski definition) is 3. The van der Waals surface area contributed by atoms with E-state index in [0.717, 1.165) is 11.1 Å². The summed E-state index contributed by atoms with van der Waals surface area (Å²) in [6, 6.07) is 11.8. The maximum absolute atomic E-state index is 13.1. The predicted octanol–water partition coefficient (Wildman–Crippen LogP) is 2.44. The molecule has 1 spiro atoms. The number of piperidine rings is 1. The first-order chi connectivity index (χ1) is 18.5. The molecule has 1 saturated heterocycles. The lowest BCUT2D eigenvalue weighted by Crippen LogP contribution is -2.71. The summed E-state index contributed by atoms with van der Waals surface area (Å²) in [6.45, 7) is 5.75. The first-order valence-electron chi connectivity index (χ1n) is 13.2. The Hall–Kier alpha value is -3.24. The van der Waals surface area contributed by atoms with Gasteiger partial charge >= 0.3 is 11.9 Å². The van der Waals surface area contributed by atoms with Crippen LogP contribution in [0.5, 0.6) is 5.75 Å². The van der Waals surface area contributed by atoms with Gasteiger partial charge in [-0.15, -0.1) is 0 Å². The molecular weight excluding hydrogens is 502 g/mol. The van der Waals surface area contributed by atoms with Gasteiger partial charge in [0, 0.05) is 23.6 Å². The fraction of sp³-hybridized carbons (Fsp3) is 0.467. The number of likely N-dealkylation sites (N-methyl/N-ethyl adjacent to an activating group) is 1. The molecular formula is C30H35NO8. The molecule has 0 aromatic heterocycles. The minimum Gasteiger partial charge on any atom is -0.481 e. The largest absolute Gasteiger partial charge is 0.481 e. The highest BCUT2D eigenvalue weighted by atomic mass is 16.6. The predicted molar refractivity (Wildman–Crippen MR) is 141 cm³/mol. The second-order valence-corrected chi connectivity index (χ2v) is 10.8. The number of benzene rings is 2. The number of nitrogens with zero attached hydrogens (tertiary/aromatic N) is 1. The smallest absolute Gasteiger partial charge is 0.352 e. The molecule has 0 amide bonds. The Morgan fingerprint density at radius 1 is 1.18 bits per heavy atom. The van der Waals surface area contributed by atoms with E-state index in [4.69, 9.17) is 14.2 Å². The van der Waals surface area contributed by atoms with Crippen LogP contribution in [0.2, 0.25) is 0 Å². The van der Waals surface area contributed by atoms with E-state index in [2.05, 4.69) is 4.90 Å². The molecule has 2 aromatic rings. The third kappa shape index (κ3) is 4.15. The average Bonchev–Trinajstić information content (AvgIpc) is 3.30. The van der Waals surface area contributed by atoms with Gasteiger partial charge in [0.2, 0.25) is 0 Å². The van der Waals surface area contributed by atoms with Gasteiger partial charge in [-0.3, -0.25) is 0 Å². The van der Waals surface area contributed by atoms with Gasteiger partial charge in [-0.25, -0.2) is 9.59 Å². The van der Waals surface area contributed by atoms with Crippen LogP contribution >= 0.6 is 0 Å². The van der Waals surface area contributed by atoms with Crippen LogP contribution in [-0.2, 0) is 31.1 Å². The van der Waals surface area contributed by atoms with Gasteiger partial charge in [0.25, 0.3) is 0 Å². The molecule has 9 heteroatoms. The Balaban J connectivity index is 1.44. The van der Waals surface area contributed by atoms with Crippen molar-refractivity contribution in [3.05, 3.63) is 76.6 Å². The van der Waals surface area contributed by atoms with E-state index in [9.17, 15) is 24.9 Å². The zero-order valence-electron chi connectivity index (χ0n) is 22.6. The van der Waals surface area contributed by atoms with Crippen LogP contribution in [0.1, 0.15) is 55.0 Å². The van der Waals surface area contributed by atoms with Gasteiger partial charge in [0.05, 0.1) is 17.6 Å². The molecule has 9 nitrogen and oxygen atoms in total. The highest BCUT2D eigenvalue weighted by Gasteiger charge is 2.69. The van der Waals surface area contributed by atoms with Gasteiger partial charge in [-0.1, -0.05) is 42.5 Å². The van der Waals surface area contributed by atoms with Crippen molar-refractivity contribution in [3.63, 3.8) is 0 Å². The van der Waals surface area contributed by atoms with Crippen LogP contribution in [0.15, 0.2) is 54.3 Å². The van der Waals surface area contributed by atoms with Crippen molar-refractivity contribution < 1.29 is 39.1 Å². The van der Waals surface area contributed by atoms with Crippen LogP contribution < -0.4 is 4.74 Å². The van der Waals surface area contributed by atoms with E-state index < -0.39 is 41.3 Å². The highest BCUT2D eigenvalue weighted by molar-refractivity contribution is 5.82. The van der Waals surface area contributed by atoms with Crippen molar-refractivity contribution in [3.8, 4) is 5.75 Å². The first-order valence-corrected chi connectivity index (χ1v) is 13.2. The van der Waals surface area contributed by atoms with E-state index >= 15 is 0 Å². The number of likely N-dealkylation sites (tertiary alicyclic amines) is 1. The standard InChI is InChI=1S/C30H35NO8/c1-17-10-11-21(16-32)25-23(17)29-14-15-31(4)19(3)30(29,36)13-12-22(26(29)39-25)38-27(34)18(2)37-28(35)24(33)20-8-6-5-7-9-20/h5-12,18-19,24,26,32-33,36H,13-16H2,1-4H3/t18-,19+,24-,26-,29-,30+/m0/s1. The van der Waals surface area contributed by atoms with Crippen LogP contribution in [0.4, 0.5) is 0 Å². The summed E-state index contributed by atoms with van der Waals surface area (Å²) >= 11 is 0. The van der Waals surface area contributed by atoms with E-state index in [1.54, 1.807) is 42.5 Å². The van der Waals surface area contributed by atoms with Crippen molar-refractivity contribution in [1.29, 1.82) is 0 Å². The number of aliphatic hydroxyl groups is 3. The molecule has 208 valence electrons. The lowest BCUT2D eigenvalue weighted by atomic mass is 9.54. The number of ether oxygens (including phenoxy) is 3. The topological polar surface area (TPSA) is 126 Å². The number of hydrogen-bond acceptors (Lipinski definition) is 9. The second-order valence-electron chi connectivity index (χ2n) is 10.8. The summed E-state index contributed by atoms with van der Waals surface area (Å²) in [7, 11) is 1.97. The SMILES string of the molecule is Cc1ccc(CO)c2c1[C@]13CCN(C)[C@H](C)[C@]1(O)CC=C(OC(=O)[C@H](C)OC(=O)[C@@H](O)c1ccccc1)[C@@H]3O2. The fourth-order valence-corrected chi connectivity index (χ4v) is 6.46. The molecule has 0 saturated carbocycles. The second kappa shape index (κ2) is 10.1. The monoisotopic (exact) mass is 537 g/mol. The molecule has 0 bridgehead atoms. The maximum Gasteiger partial charge on any atom is 0.352 e. The summed E-state index contributed by atoms with van der Waals surface area (Å²) in [5.74, 6) is -1.06. The van der Waals surface area contributed by atoms with Crippen LogP contribution in [0.3, 0.4) is 0 Å². The summed E-state index contributed by atoms with van der Waals surface area (Å²) in [4.78, 5) is 27.7. The lowest BCUT2D eigenvalue weighted by molar-refractivity contribution is -0.175.